The summed E-state index contributed by atoms with van der Waals surface area (Å²) in [5.41, 5.74) is 0.139. The van der Waals surface area contributed by atoms with Gasteiger partial charge in [0.25, 0.3) is 5.91 Å². The molecule has 5 atom stereocenters. The second-order valence-corrected chi connectivity index (χ2v) is 11.0. The minimum Gasteiger partial charge on any atom is -0.390 e. The van der Waals surface area contributed by atoms with E-state index in [1.165, 1.54) is 0 Å². The van der Waals surface area contributed by atoms with E-state index in [4.69, 9.17) is 11.6 Å². The van der Waals surface area contributed by atoms with Crippen molar-refractivity contribution in [2.75, 3.05) is 5.75 Å². The molecule has 0 aromatic carbocycles. The Morgan fingerprint density at radius 3 is 2.82 bits per heavy atom. The Balaban J connectivity index is 1.46. The minimum atomic E-state index is -0.485. The molecule has 1 heterocycles. The molecule has 1 aromatic rings. The van der Waals surface area contributed by atoms with Crippen molar-refractivity contribution in [2.24, 2.45) is 23.7 Å². The van der Waals surface area contributed by atoms with Crippen LogP contribution in [-0.4, -0.2) is 33.4 Å². The van der Waals surface area contributed by atoms with E-state index in [1.807, 2.05) is 0 Å². The monoisotopic (exact) mass is 422 g/mol. The molecule has 1 amide bonds. The molecule has 0 radical (unpaired) electrons. The molecule has 3 aliphatic rings. The van der Waals surface area contributed by atoms with E-state index in [9.17, 15) is 9.90 Å². The van der Waals surface area contributed by atoms with Gasteiger partial charge in [0.05, 0.1) is 11.2 Å². The van der Waals surface area contributed by atoms with Gasteiger partial charge in [0.15, 0.2) is 0 Å². The van der Waals surface area contributed by atoms with Gasteiger partial charge in [-0.25, -0.2) is 4.98 Å². The van der Waals surface area contributed by atoms with Crippen molar-refractivity contribution in [3.63, 3.8) is 0 Å². The van der Waals surface area contributed by atoms with Crippen molar-refractivity contribution in [1.29, 1.82) is 0 Å². The molecule has 4 nitrogen and oxygen atoms in total. The zero-order chi connectivity index (χ0) is 19.9. The maximum absolute atomic E-state index is 13.1. The number of hydrogen-bond donors (Lipinski definition) is 2. The van der Waals surface area contributed by atoms with Gasteiger partial charge in [-0.2, -0.15) is 0 Å². The van der Waals surface area contributed by atoms with E-state index in [2.05, 4.69) is 24.1 Å². The fourth-order valence-electron chi connectivity index (χ4n) is 5.60. The van der Waals surface area contributed by atoms with Crippen LogP contribution in [0.4, 0.5) is 0 Å². The fourth-order valence-corrected chi connectivity index (χ4v) is 7.06. The van der Waals surface area contributed by atoms with Crippen molar-refractivity contribution in [2.45, 2.75) is 75.5 Å². The van der Waals surface area contributed by atoms with Gasteiger partial charge in [-0.15, -0.1) is 11.8 Å². The third kappa shape index (κ3) is 4.36. The molecule has 0 spiro atoms. The first-order valence-electron chi connectivity index (χ1n) is 10.7. The zero-order valence-electron chi connectivity index (χ0n) is 16.8. The summed E-state index contributed by atoms with van der Waals surface area (Å²) >= 11 is 7.71. The van der Waals surface area contributed by atoms with E-state index >= 15 is 0 Å². The van der Waals surface area contributed by atoms with Crippen LogP contribution in [0.5, 0.6) is 0 Å². The normalized spacial score (nSPS) is 33.9. The summed E-state index contributed by atoms with van der Waals surface area (Å²) in [7, 11) is 0. The molecule has 28 heavy (non-hydrogen) atoms. The Morgan fingerprint density at radius 1 is 1.29 bits per heavy atom. The number of pyridine rings is 1. The van der Waals surface area contributed by atoms with Gasteiger partial charge in [0, 0.05) is 6.04 Å². The number of thioether (sulfide) groups is 1. The molecule has 6 heteroatoms. The van der Waals surface area contributed by atoms with Gasteiger partial charge in [0.2, 0.25) is 0 Å². The Bertz CT molecular complexity index is 743. The number of carbonyl (C=O) groups is 1. The fraction of sp³-hybridized carbons (Fsp3) is 0.727. The van der Waals surface area contributed by atoms with Gasteiger partial charge in [0.1, 0.15) is 10.2 Å². The van der Waals surface area contributed by atoms with Crippen LogP contribution in [0.3, 0.4) is 0 Å². The molecule has 3 unspecified atom stereocenters. The zero-order valence-corrected chi connectivity index (χ0v) is 18.4. The highest BCUT2D eigenvalue weighted by Crippen LogP contribution is 2.55. The second kappa shape index (κ2) is 8.16. The van der Waals surface area contributed by atoms with Crippen molar-refractivity contribution in [1.82, 2.24) is 10.3 Å². The SMILES string of the molecule is CC(C)CCSc1nc(Cl)ccc1C(=O)N[C@@H]1CCC2C[C@@]3(O)CC2CC1C3. The summed E-state index contributed by atoms with van der Waals surface area (Å²) in [6, 6.07) is 3.65. The second-order valence-electron chi connectivity index (χ2n) is 9.53. The van der Waals surface area contributed by atoms with Crippen LogP contribution >= 0.6 is 23.4 Å². The molecule has 2 N–H and O–H groups in total. The van der Waals surface area contributed by atoms with Crippen molar-refractivity contribution in [3.05, 3.63) is 22.8 Å². The van der Waals surface area contributed by atoms with Gasteiger partial charge in [-0.1, -0.05) is 25.4 Å². The lowest BCUT2D eigenvalue weighted by Crippen LogP contribution is -2.45. The van der Waals surface area contributed by atoms with E-state index < -0.39 is 5.60 Å². The Kier molecular flexibility index (Phi) is 5.97. The number of amides is 1. The summed E-state index contributed by atoms with van der Waals surface area (Å²) in [5, 5.41) is 15.3. The Hall–Kier alpha value is -0.780. The molecule has 3 fully saturated rings. The summed E-state index contributed by atoms with van der Waals surface area (Å²) in [6.07, 6.45) is 7.12. The molecule has 3 saturated carbocycles. The molecular formula is C22H31ClN2O2S. The van der Waals surface area contributed by atoms with E-state index in [-0.39, 0.29) is 11.9 Å². The Morgan fingerprint density at radius 2 is 2.04 bits per heavy atom. The van der Waals surface area contributed by atoms with Crippen LogP contribution in [-0.2, 0) is 0 Å². The lowest BCUT2D eigenvalue weighted by molar-refractivity contribution is -0.0112. The van der Waals surface area contributed by atoms with Crippen molar-refractivity contribution in [3.8, 4) is 0 Å². The standard InChI is InChI=1S/C22H31ClN2O2S/c1-13(2)7-8-28-21-17(4-6-19(23)25-21)20(26)24-18-5-3-14-10-22(27)11-15(14)9-16(18)12-22/h4,6,13-16,18,27H,3,5,7-12H2,1-2H3,(H,24,26)/t14?,15?,16?,18-,22-/m1/s1. The summed E-state index contributed by atoms with van der Waals surface area (Å²) in [4.78, 5) is 17.5. The van der Waals surface area contributed by atoms with Crippen LogP contribution in [0.15, 0.2) is 17.2 Å². The lowest BCUT2D eigenvalue weighted by atomic mass is 9.75. The van der Waals surface area contributed by atoms with E-state index in [0.717, 1.165) is 55.7 Å². The quantitative estimate of drug-likeness (QED) is 0.503. The summed E-state index contributed by atoms with van der Waals surface area (Å²) in [6.45, 7) is 4.39. The summed E-state index contributed by atoms with van der Waals surface area (Å²) in [5.74, 6) is 3.16. The highest BCUT2D eigenvalue weighted by Gasteiger charge is 2.52. The molecule has 0 aliphatic heterocycles. The van der Waals surface area contributed by atoms with Crippen LogP contribution in [0.1, 0.15) is 69.2 Å². The molecule has 3 bridgehead atoms. The summed E-state index contributed by atoms with van der Waals surface area (Å²) < 4.78 is 0. The first-order valence-corrected chi connectivity index (χ1v) is 12.0. The molecule has 1 aromatic heterocycles. The number of rotatable bonds is 6. The third-order valence-corrected chi connectivity index (χ3v) is 8.17. The van der Waals surface area contributed by atoms with E-state index in [0.29, 0.717) is 34.4 Å². The lowest BCUT2D eigenvalue weighted by Gasteiger charge is -2.37. The van der Waals surface area contributed by atoms with Crippen molar-refractivity contribution >= 4 is 29.3 Å². The number of aliphatic hydroxyl groups is 1. The number of fused-ring (bicyclic) bond motifs is 2. The molecule has 3 aliphatic carbocycles. The number of carbonyl (C=O) groups excluding carboxylic acids is 1. The number of halogens is 1. The van der Waals surface area contributed by atoms with Crippen LogP contribution in [0, 0.1) is 23.7 Å². The minimum absolute atomic E-state index is 0.0501. The van der Waals surface area contributed by atoms with Crippen LogP contribution < -0.4 is 5.32 Å². The van der Waals surface area contributed by atoms with E-state index in [1.54, 1.807) is 23.9 Å². The predicted molar refractivity (Wildman–Crippen MR) is 114 cm³/mol. The van der Waals surface area contributed by atoms with Gasteiger partial charge >= 0.3 is 0 Å². The predicted octanol–water partition coefficient (Wildman–Crippen LogP) is 4.93. The molecular weight excluding hydrogens is 392 g/mol. The first kappa shape index (κ1) is 20.5. The largest absolute Gasteiger partial charge is 0.390 e. The number of nitrogens with zero attached hydrogens (tertiary/aromatic N) is 1. The molecule has 154 valence electrons. The van der Waals surface area contributed by atoms with Gasteiger partial charge in [-0.3, -0.25) is 4.79 Å². The third-order valence-electron chi connectivity index (χ3n) is 6.94. The topological polar surface area (TPSA) is 62.2 Å². The molecule has 0 saturated heterocycles. The Labute approximate surface area is 177 Å². The number of nitrogens with one attached hydrogen (secondary N) is 1. The highest BCUT2D eigenvalue weighted by atomic mass is 35.5. The average molecular weight is 423 g/mol. The van der Waals surface area contributed by atoms with Crippen molar-refractivity contribution < 1.29 is 9.90 Å². The average Bonchev–Trinajstić information content (AvgIpc) is 2.78. The first-order chi connectivity index (χ1) is 13.3. The number of aromatic nitrogens is 1. The molecule has 4 rings (SSSR count). The maximum atomic E-state index is 13.1. The maximum Gasteiger partial charge on any atom is 0.254 e. The number of hydrogen-bond acceptors (Lipinski definition) is 4. The van der Waals surface area contributed by atoms with Crippen LogP contribution in [0.2, 0.25) is 5.15 Å². The van der Waals surface area contributed by atoms with Gasteiger partial charge in [-0.05, 0) is 86.5 Å². The smallest absolute Gasteiger partial charge is 0.254 e. The van der Waals surface area contributed by atoms with Gasteiger partial charge < -0.3 is 10.4 Å². The highest BCUT2D eigenvalue weighted by molar-refractivity contribution is 7.99. The van der Waals surface area contributed by atoms with Crippen LogP contribution in [0.25, 0.3) is 0 Å².